The van der Waals surface area contributed by atoms with Crippen LogP contribution in [0.2, 0.25) is 0 Å². The second-order valence-electron chi connectivity index (χ2n) is 4.30. The molecule has 15 heavy (non-hydrogen) atoms. The van der Waals surface area contributed by atoms with Crippen molar-refractivity contribution in [3.8, 4) is 0 Å². The van der Waals surface area contributed by atoms with Gasteiger partial charge in [0.15, 0.2) is 9.84 Å². The quantitative estimate of drug-likeness (QED) is 0.695. The summed E-state index contributed by atoms with van der Waals surface area (Å²) in [4.78, 5) is 13.3. The molecule has 0 aromatic carbocycles. The molecule has 1 fully saturated rings. The minimum atomic E-state index is -3.23. The number of carbonyl (C=O) groups is 1. The van der Waals surface area contributed by atoms with Crippen LogP contribution in [0.4, 0.5) is 0 Å². The van der Waals surface area contributed by atoms with Crippen LogP contribution in [0.1, 0.15) is 13.3 Å². The fourth-order valence-electron chi connectivity index (χ4n) is 1.97. The first-order valence-corrected chi connectivity index (χ1v) is 7.07. The molecule has 0 radical (unpaired) electrons. The molecule has 1 heterocycles. The van der Waals surface area contributed by atoms with E-state index in [4.69, 9.17) is 5.73 Å². The summed E-state index contributed by atoms with van der Waals surface area (Å²) in [6.07, 6.45) is 1.94. The van der Waals surface area contributed by atoms with Crippen LogP contribution in [0.5, 0.6) is 0 Å². The van der Waals surface area contributed by atoms with Crippen molar-refractivity contribution >= 4 is 15.7 Å². The molecule has 1 amide bonds. The van der Waals surface area contributed by atoms with E-state index in [1.807, 2.05) is 6.92 Å². The second kappa shape index (κ2) is 4.49. The number of sulfone groups is 1. The molecular formula is C9H18N2O3S. The third-order valence-electron chi connectivity index (χ3n) is 2.70. The Morgan fingerprint density at radius 3 is 2.53 bits per heavy atom. The zero-order valence-corrected chi connectivity index (χ0v) is 9.96. The van der Waals surface area contributed by atoms with Gasteiger partial charge in [0.2, 0.25) is 5.91 Å². The summed E-state index contributed by atoms with van der Waals surface area (Å²) in [6, 6.07) is 0.104. The number of rotatable bonds is 3. The molecule has 6 heteroatoms. The van der Waals surface area contributed by atoms with Crippen molar-refractivity contribution in [2.24, 2.45) is 11.7 Å². The minimum absolute atomic E-state index is 0.104. The lowest BCUT2D eigenvalue weighted by Crippen LogP contribution is -2.38. The molecule has 1 rings (SSSR count). The first-order chi connectivity index (χ1) is 6.83. The summed E-state index contributed by atoms with van der Waals surface area (Å²) in [6.45, 7) is 3.06. The fraction of sp³-hybridized carbons (Fsp3) is 0.889. The van der Waals surface area contributed by atoms with Crippen molar-refractivity contribution in [1.29, 1.82) is 0 Å². The van der Waals surface area contributed by atoms with E-state index in [1.54, 1.807) is 4.90 Å². The Morgan fingerprint density at radius 1 is 1.53 bits per heavy atom. The zero-order chi connectivity index (χ0) is 11.6. The highest BCUT2D eigenvalue weighted by Crippen LogP contribution is 2.22. The first-order valence-electron chi connectivity index (χ1n) is 5.00. The van der Waals surface area contributed by atoms with Gasteiger partial charge in [0.1, 0.15) is 5.75 Å². The lowest BCUT2D eigenvalue weighted by atomic mass is 10.1. The van der Waals surface area contributed by atoms with Gasteiger partial charge in [-0.1, -0.05) is 0 Å². The maximum atomic E-state index is 11.6. The zero-order valence-electron chi connectivity index (χ0n) is 9.14. The van der Waals surface area contributed by atoms with Crippen LogP contribution in [0, 0.1) is 5.92 Å². The second-order valence-corrected chi connectivity index (χ2v) is 6.44. The van der Waals surface area contributed by atoms with E-state index in [1.165, 1.54) is 0 Å². The van der Waals surface area contributed by atoms with Crippen molar-refractivity contribution in [2.45, 2.75) is 19.4 Å². The van der Waals surface area contributed by atoms with Crippen LogP contribution >= 0.6 is 0 Å². The highest BCUT2D eigenvalue weighted by atomic mass is 32.2. The van der Waals surface area contributed by atoms with Crippen LogP contribution in [0.15, 0.2) is 0 Å². The Morgan fingerprint density at radius 2 is 2.13 bits per heavy atom. The largest absolute Gasteiger partial charge is 0.339 e. The van der Waals surface area contributed by atoms with Gasteiger partial charge in [-0.2, -0.15) is 0 Å². The molecule has 1 aliphatic heterocycles. The lowest BCUT2D eigenvalue weighted by molar-refractivity contribution is -0.129. The molecule has 1 aliphatic rings. The molecule has 5 nitrogen and oxygen atoms in total. The Balaban J connectivity index is 2.62. The summed E-state index contributed by atoms with van der Waals surface area (Å²) >= 11 is 0. The van der Waals surface area contributed by atoms with Crippen molar-refractivity contribution < 1.29 is 13.2 Å². The smallest absolute Gasteiger partial charge is 0.238 e. The van der Waals surface area contributed by atoms with Crippen molar-refractivity contribution in [1.82, 2.24) is 4.90 Å². The third-order valence-corrected chi connectivity index (χ3v) is 3.47. The Hall–Kier alpha value is -0.620. The van der Waals surface area contributed by atoms with Crippen LogP contribution in [0.25, 0.3) is 0 Å². The van der Waals surface area contributed by atoms with E-state index in [0.717, 1.165) is 12.7 Å². The predicted octanol–water partition coefficient (Wildman–Crippen LogP) is -0.773. The van der Waals surface area contributed by atoms with Gasteiger partial charge in [0, 0.05) is 18.8 Å². The highest BCUT2D eigenvalue weighted by Gasteiger charge is 2.32. The van der Waals surface area contributed by atoms with Gasteiger partial charge >= 0.3 is 0 Å². The number of amides is 1. The molecule has 1 saturated heterocycles. The van der Waals surface area contributed by atoms with E-state index < -0.39 is 15.6 Å². The maximum absolute atomic E-state index is 11.6. The number of hydrogen-bond acceptors (Lipinski definition) is 4. The topological polar surface area (TPSA) is 80.5 Å². The fourth-order valence-corrected chi connectivity index (χ4v) is 2.58. The molecule has 2 N–H and O–H groups in total. The molecule has 88 valence electrons. The Bertz CT molecular complexity index is 339. The molecule has 0 aromatic heterocycles. The van der Waals surface area contributed by atoms with Gasteiger partial charge in [-0.25, -0.2) is 8.42 Å². The van der Waals surface area contributed by atoms with Gasteiger partial charge in [-0.15, -0.1) is 0 Å². The van der Waals surface area contributed by atoms with Crippen LogP contribution < -0.4 is 5.73 Å². The normalized spacial score (nSPS) is 27.0. The number of nitrogens with two attached hydrogens (primary N) is 1. The van der Waals surface area contributed by atoms with E-state index in [9.17, 15) is 13.2 Å². The van der Waals surface area contributed by atoms with Crippen LogP contribution in [-0.4, -0.2) is 50.4 Å². The average molecular weight is 234 g/mol. The lowest BCUT2D eigenvalue weighted by Gasteiger charge is -2.20. The molecular weight excluding hydrogens is 216 g/mol. The molecule has 2 atom stereocenters. The maximum Gasteiger partial charge on any atom is 0.238 e. The monoisotopic (exact) mass is 234 g/mol. The van der Waals surface area contributed by atoms with E-state index in [-0.39, 0.29) is 11.9 Å². The number of likely N-dealkylation sites (tertiary alicyclic amines) is 1. The molecule has 2 unspecified atom stereocenters. The SMILES string of the molecule is CC1CC(CN)CN1C(=O)CS(C)(=O)=O. The summed E-state index contributed by atoms with van der Waals surface area (Å²) in [5, 5.41) is 0. The van der Waals surface area contributed by atoms with Crippen molar-refractivity contribution in [3.63, 3.8) is 0 Å². The van der Waals surface area contributed by atoms with Gasteiger partial charge in [0.05, 0.1) is 0 Å². The average Bonchev–Trinajstić information content (AvgIpc) is 2.43. The Labute approximate surface area is 90.5 Å². The summed E-state index contributed by atoms with van der Waals surface area (Å²) in [7, 11) is -3.23. The van der Waals surface area contributed by atoms with Gasteiger partial charge in [-0.05, 0) is 25.8 Å². The number of nitrogens with zero attached hydrogens (tertiary/aromatic N) is 1. The summed E-state index contributed by atoms with van der Waals surface area (Å²) in [5.41, 5.74) is 5.53. The van der Waals surface area contributed by atoms with Gasteiger partial charge < -0.3 is 10.6 Å². The molecule has 0 saturated carbocycles. The van der Waals surface area contributed by atoms with Crippen molar-refractivity contribution in [2.75, 3.05) is 25.1 Å². The standard InChI is InChI=1S/C9H18N2O3S/c1-7-3-8(4-10)5-11(7)9(12)6-15(2,13)14/h7-8H,3-6,10H2,1-2H3. The van der Waals surface area contributed by atoms with Crippen LogP contribution in [0.3, 0.4) is 0 Å². The van der Waals surface area contributed by atoms with E-state index >= 15 is 0 Å². The van der Waals surface area contributed by atoms with E-state index in [0.29, 0.717) is 19.0 Å². The molecule has 0 bridgehead atoms. The minimum Gasteiger partial charge on any atom is -0.339 e. The van der Waals surface area contributed by atoms with E-state index in [2.05, 4.69) is 0 Å². The molecule has 0 aromatic rings. The Kier molecular flexibility index (Phi) is 3.72. The molecule has 0 spiro atoms. The summed E-state index contributed by atoms with van der Waals surface area (Å²) < 4.78 is 22.0. The van der Waals surface area contributed by atoms with Gasteiger partial charge in [0.25, 0.3) is 0 Å². The molecule has 0 aliphatic carbocycles. The van der Waals surface area contributed by atoms with Crippen molar-refractivity contribution in [3.05, 3.63) is 0 Å². The number of carbonyl (C=O) groups excluding carboxylic acids is 1. The third kappa shape index (κ3) is 3.46. The number of hydrogen-bond donors (Lipinski definition) is 1. The van der Waals surface area contributed by atoms with Gasteiger partial charge in [-0.3, -0.25) is 4.79 Å². The van der Waals surface area contributed by atoms with Crippen LogP contribution in [-0.2, 0) is 14.6 Å². The first kappa shape index (κ1) is 12.4. The highest BCUT2D eigenvalue weighted by molar-refractivity contribution is 7.91. The predicted molar refractivity (Wildman–Crippen MR) is 58.0 cm³/mol. The summed E-state index contributed by atoms with van der Waals surface area (Å²) in [5.74, 6) is -0.390.